The maximum absolute atomic E-state index is 12.9. The van der Waals surface area contributed by atoms with Crippen molar-refractivity contribution in [3.05, 3.63) is 0 Å². The molecule has 0 bridgehead atoms. The molecule has 158 valence electrons. The summed E-state index contributed by atoms with van der Waals surface area (Å²) >= 11 is 1.26. The zero-order valence-corrected chi connectivity index (χ0v) is 17.3. The maximum atomic E-state index is 12.9. The van der Waals surface area contributed by atoms with Gasteiger partial charge in [0.25, 0.3) is 0 Å². The van der Waals surface area contributed by atoms with E-state index in [1.807, 2.05) is 11.9 Å². The molecule has 27 heavy (non-hydrogen) atoms. The molecule has 2 rings (SSSR count). The van der Waals surface area contributed by atoms with Crippen molar-refractivity contribution < 1.29 is 30.0 Å². The van der Waals surface area contributed by atoms with Gasteiger partial charge >= 0.3 is 0 Å². The molecule has 2 aliphatic heterocycles. The second kappa shape index (κ2) is 9.87. The first-order valence-corrected chi connectivity index (χ1v) is 10.9. The van der Waals surface area contributed by atoms with Gasteiger partial charge in [0.15, 0.2) is 6.29 Å². The standard InChI is InChI=1S/C18H34N2O6S/c1-5-6-10-7-11(20(3)8-10)17(24)19-12(9(2)21)15-16(27-4)13(22)14(23)18(25)26-15/h9-16,18,21-23,25H,5-8H2,1-4H3,(H,19,24)/t9?,10-,11+,12+,13-,14+,15?,16-,18-/m1/s1. The minimum absolute atomic E-state index is 0.194. The van der Waals surface area contributed by atoms with E-state index in [1.165, 1.54) is 18.7 Å². The van der Waals surface area contributed by atoms with Crippen LogP contribution in [0.15, 0.2) is 0 Å². The van der Waals surface area contributed by atoms with Gasteiger partial charge in [-0.25, -0.2) is 0 Å². The molecular formula is C18H34N2O6S. The molecule has 0 aromatic heterocycles. The Labute approximate surface area is 165 Å². The molecule has 2 unspecified atom stereocenters. The third-order valence-electron chi connectivity index (χ3n) is 5.69. The molecule has 5 N–H and O–H groups in total. The summed E-state index contributed by atoms with van der Waals surface area (Å²) < 4.78 is 5.48. The van der Waals surface area contributed by atoms with E-state index in [4.69, 9.17) is 4.74 Å². The number of carbonyl (C=O) groups is 1. The average Bonchev–Trinajstić information content (AvgIpc) is 2.98. The molecular weight excluding hydrogens is 372 g/mol. The number of nitrogens with one attached hydrogen (secondary N) is 1. The molecule has 8 nitrogen and oxygen atoms in total. The Bertz CT molecular complexity index is 496. The molecule has 0 radical (unpaired) electrons. The Morgan fingerprint density at radius 1 is 1.33 bits per heavy atom. The number of thioether (sulfide) groups is 1. The molecule has 9 heteroatoms. The number of hydrogen-bond donors (Lipinski definition) is 5. The van der Waals surface area contributed by atoms with Crippen molar-refractivity contribution in [3.8, 4) is 0 Å². The van der Waals surface area contributed by atoms with Crippen LogP contribution in [-0.2, 0) is 9.53 Å². The lowest BCUT2D eigenvalue weighted by Crippen LogP contribution is -2.65. The normalized spacial score (nSPS) is 39.9. The minimum Gasteiger partial charge on any atom is -0.391 e. The van der Waals surface area contributed by atoms with Crippen molar-refractivity contribution in [2.24, 2.45) is 5.92 Å². The highest BCUT2D eigenvalue weighted by molar-refractivity contribution is 7.99. The molecule has 1 amide bonds. The number of aliphatic hydroxyl groups is 4. The van der Waals surface area contributed by atoms with Gasteiger partial charge in [-0.2, -0.15) is 11.8 Å². The van der Waals surface area contributed by atoms with Gasteiger partial charge in [0.05, 0.1) is 35.6 Å². The molecule has 2 aliphatic rings. The van der Waals surface area contributed by atoms with Crippen LogP contribution < -0.4 is 5.32 Å². The van der Waals surface area contributed by atoms with Crippen molar-refractivity contribution in [3.63, 3.8) is 0 Å². The fraction of sp³-hybridized carbons (Fsp3) is 0.944. The van der Waals surface area contributed by atoms with E-state index in [1.54, 1.807) is 6.26 Å². The number of hydrogen-bond acceptors (Lipinski definition) is 8. The van der Waals surface area contributed by atoms with E-state index >= 15 is 0 Å². The van der Waals surface area contributed by atoms with E-state index in [0.717, 1.165) is 25.8 Å². The van der Waals surface area contributed by atoms with Gasteiger partial charge in [-0.15, -0.1) is 0 Å². The van der Waals surface area contributed by atoms with Gasteiger partial charge in [0.2, 0.25) is 5.91 Å². The van der Waals surface area contributed by atoms with Crippen molar-refractivity contribution in [1.82, 2.24) is 10.2 Å². The molecule has 2 heterocycles. The van der Waals surface area contributed by atoms with Crippen LogP contribution >= 0.6 is 11.8 Å². The van der Waals surface area contributed by atoms with Gasteiger partial charge in [-0.05, 0) is 39.0 Å². The van der Waals surface area contributed by atoms with Crippen molar-refractivity contribution in [2.45, 2.75) is 81.1 Å². The van der Waals surface area contributed by atoms with E-state index < -0.39 is 42.0 Å². The fourth-order valence-electron chi connectivity index (χ4n) is 4.21. The highest BCUT2D eigenvalue weighted by Gasteiger charge is 2.48. The van der Waals surface area contributed by atoms with Gasteiger partial charge < -0.3 is 30.5 Å². The predicted octanol–water partition coefficient (Wildman–Crippen LogP) is -0.857. The molecule has 9 atom stereocenters. The highest BCUT2D eigenvalue weighted by atomic mass is 32.2. The molecule has 2 fully saturated rings. The van der Waals surface area contributed by atoms with Crippen LogP contribution in [0.1, 0.15) is 33.1 Å². The number of likely N-dealkylation sites (N-methyl/N-ethyl adjacent to an activating group) is 1. The fourth-order valence-corrected chi connectivity index (χ4v) is 5.15. The van der Waals surface area contributed by atoms with E-state index in [9.17, 15) is 25.2 Å². The molecule has 0 aliphatic carbocycles. The minimum atomic E-state index is -1.57. The highest BCUT2D eigenvalue weighted by Crippen LogP contribution is 2.31. The van der Waals surface area contributed by atoms with Crippen molar-refractivity contribution in [1.29, 1.82) is 0 Å². The number of likely N-dealkylation sites (tertiary alicyclic amines) is 1. The number of carbonyl (C=O) groups excluding carboxylic acids is 1. The Balaban J connectivity index is 2.11. The molecule has 0 aromatic carbocycles. The monoisotopic (exact) mass is 406 g/mol. The van der Waals surface area contributed by atoms with Gasteiger partial charge in [0, 0.05) is 6.54 Å². The third kappa shape index (κ3) is 5.14. The summed E-state index contributed by atoms with van der Waals surface area (Å²) in [6.45, 7) is 4.53. The van der Waals surface area contributed by atoms with Crippen molar-refractivity contribution >= 4 is 17.7 Å². The molecule has 0 aromatic rings. The lowest BCUT2D eigenvalue weighted by Gasteiger charge is -2.44. The molecule has 0 saturated carbocycles. The third-order valence-corrected chi connectivity index (χ3v) is 6.78. The van der Waals surface area contributed by atoms with E-state index in [0.29, 0.717) is 5.92 Å². The molecule has 0 spiro atoms. The van der Waals surface area contributed by atoms with Crippen LogP contribution in [-0.4, -0.2) is 99.1 Å². The van der Waals surface area contributed by atoms with Crippen LogP contribution in [0.4, 0.5) is 0 Å². The number of nitrogens with zero attached hydrogens (tertiary/aromatic N) is 1. The average molecular weight is 407 g/mol. The molecule has 2 saturated heterocycles. The second-order valence-corrected chi connectivity index (χ2v) is 8.81. The summed E-state index contributed by atoms with van der Waals surface area (Å²) in [5.41, 5.74) is 0. The number of amides is 1. The summed E-state index contributed by atoms with van der Waals surface area (Å²) in [6.07, 6.45) is -1.36. The second-order valence-electron chi connectivity index (χ2n) is 7.79. The number of ether oxygens (including phenoxy) is 1. The van der Waals surface area contributed by atoms with Crippen LogP contribution in [0, 0.1) is 5.92 Å². The quantitative estimate of drug-likeness (QED) is 0.370. The summed E-state index contributed by atoms with van der Waals surface area (Å²) in [7, 11) is 1.92. The Kier molecular flexibility index (Phi) is 8.35. The van der Waals surface area contributed by atoms with Gasteiger partial charge in [0.1, 0.15) is 6.10 Å². The van der Waals surface area contributed by atoms with E-state index in [-0.39, 0.29) is 11.9 Å². The first-order valence-electron chi connectivity index (χ1n) is 9.62. The smallest absolute Gasteiger partial charge is 0.237 e. The Morgan fingerprint density at radius 2 is 2.00 bits per heavy atom. The predicted molar refractivity (Wildman–Crippen MR) is 103 cm³/mol. The Morgan fingerprint density at radius 3 is 2.56 bits per heavy atom. The van der Waals surface area contributed by atoms with Crippen LogP contribution in [0.5, 0.6) is 0 Å². The SMILES string of the molecule is CCC[C@@H]1C[C@@H](C(=O)N[C@@H](C(C)O)C2O[C@@H](O)[C@@H](O)[C@@H](O)[C@H]2SC)N(C)C1. The lowest BCUT2D eigenvalue weighted by atomic mass is 9.93. The summed E-state index contributed by atoms with van der Waals surface area (Å²) in [5, 5.41) is 42.6. The lowest BCUT2D eigenvalue weighted by molar-refractivity contribution is -0.251. The van der Waals surface area contributed by atoms with Gasteiger partial charge in [-0.1, -0.05) is 13.3 Å². The summed E-state index contributed by atoms with van der Waals surface area (Å²) in [4.78, 5) is 14.9. The Hall–Kier alpha value is -0.420. The summed E-state index contributed by atoms with van der Waals surface area (Å²) in [5.74, 6) is 0.282. The number of rotatable bonds is 7. The van der Waals surface area contributed by atoms with Crippen LogP contribution in [0.3, 0.4) is 0 Å². The summed E-state index contributed by atoms with van der Waals surface area (Å²) in [6, 6.07) is -1.09. The van der Waals surface area contributed by atoms with Crippen molar-refractivity contribution in [2.75, 3.05) is 19.8 Å². The van der Waals surface area contributed by atoms with Gasteiger partial charge in [-0.3, -0.25) is 9.69 Å². The topological polar surface area (TPSA) is 122 Å². The maximum Gasteiger partial charge on any atom is 0.237 e. The zero-order valence-electron chi connectivity index (χ0n) is 16.5. The van der Waals surface area contributed by atoms with Crippen LogP contribution in [0.25, 0.3) is 0 Å². The van der Waals surface area contributed by atoms with Crippen LogP contribution in [0.2, 0.25) is 0 Å². The number of aliphatic hydroxyl groups excluding tert-OH is 4. The zero-order chi connectivity index (χ0) is 20.3. The van der Waals surface area contributed by atoms with E-state index in [2.05, 4.69) is 12.2 Å². The first-order chi connectivity index (χ1) is 12.7. The largest absolute Gasteiger partial charge is 0.391 e. The first kappa shape index (κ1) is 22.9.